The fourth-order valence-electron chi connectivity index (χ4n) is 3.24. The van der Waals surface area contributed by atoms with E-state index in [-0.39, 0.29) is 18.0 Å². The summed E-state index contributed by atoms with van der Waals surface area (Å²) in [5, 5.41) is 8.28. The maximum atomic E-state index is 12.8. The molecule has 1 N–H and O–H groups in total. The lowest BCUT2D eigenvalue weighted by atomic mass is 10.2. The fourth-order valence-corrected chi connectivity index (χ4v) is 3.54. The SMILES string of the molecule is COc1cccc(C(=O)Nc2cccc(-n3nc(OC(C)C)nc3-c3ccc(Cl)c(Cl)c3)c2)c1. The van der Waals surface area contributed by atoms with E-state index in [1.54, 1.807) is 60.3 Å². The lowest BCUT2D eigenvalue weighted by molar-refractivity contribution is 0.102. The van der Waals surface area contributed by atoms with Gasteiger partial charge in [0.05, 0.1) is 28.9 Å². The summed E-state index contributed by atoms with van der Waals surface area (Å²) in [6, 6.07) is 19.7. The van der Waals surface area contributed by atoms with E-state index in [1.165, 1.54) is 0 Å². The Morgan fingerprint density at radius 3 is 2.53 bits per heavy atom. The first-order valence-electron chi connectivity index (χ1n) is 10.5. The highest BCUT2D eigenvalue weighted by molar-refractivity contribution is 6.42. The van der Waals surface area contributed by atoms with Crippen LogP contribution in [-0.2, 0) is 0 Å². The van der Waals surface area contributed by atoms with Crippen molar-refractivity contribution in [2.24, 2.45) is 0 Å². The Morgan fingerprint density at radius 1 is 1.00 bits per heavy atom. The van der Waals surface area contributed by atoms with E-state index in [2.05, 4.69) is 15.4 Å². The molecule has 0 radical (unpaired) electrons. The molecule has 174 valence electrons. The Hall–Kier alpha value is -3.55. The van der Waals surface area contributed by atoms with Gasteiger partial charge in [0.1, 0.15) is 5.75 Å². The van der Waals surface area contributed by atoms with Crippen molar-refractivity contribution in [2.45, 2.75) is 20.0 Å². The number of carbonyl (C=O) groups is 1. The molecule has 0 aliphatic heterocycles. The summed E-state index contributed by atoms with van der Waals surface area (Å²) in [6.07, 6.45) is -0.106. The molecular formula is C25H22Cl2N4O3. The number of amides is 1. The van der Waals surface area contributed by atoms with Crippen molar-refractivity contribution in [1.29, 1.82) is 0 Å². The quantitative estimate of drug-likeness (QED) is 0.325. The van der Waals surface area contributed by atoms with Crippen LogP contribution in [0.3, 0.4) is 0 Å². The maximum absolute atomic E-state index is 12.8. The second-order valence-electron chi connectivity index (χ2n) is 7.66. The molecular weight excluding hydrogens is 475 g/mol. The highest BCUT2D eigenvalue weighted by Gasteiger charge is 2.17. The number of hydrogen-bond donors (Lipinski definition) is 1. The Labute approximate surface area is 207 Å². The Kier molecular flexibility index (Phi) is 7.05. The Balaban J connectivity index is 1.70. The van der Waals surface area contributed by atoms with E-state index in [4.69, 9.17) is 32.7 Å². The van der Waals surface area contributed by atoms with Gasteiger partial charge in [-0.3, -0.25) is 4.79 Å². The summed E-state index contributed by atoms with van der Waals surface area (Å²) in [4.78, 5) is 17.3. The number of aromatic nitrogens is 3. The van der Waals surface area contributed by atoms with Gasteiger partial charge in [0.15, 0.2) is 5.82 Å². The van der Waals surface area contributed by atoms with Gasteiger partial charge in [-0.15, -0.1) is 5.10 Å². The van der Waals surface area contributed by atoms with E-state index in [0.717, 1.165) is 0 Å². The van der Waals surface area contributed by atoms with Crippen LogP contribution in [0.15, 0.2) is 66.7 Å². The van der Waals surface area contributed by atoms with Crippen molar-refractivity contribution >= 4 is 34.8 Å². The van der Waals surface area contributed by atoms with Crippen LogP contribution in [0, 0.1) is 0 Å². The van der Waals surface area contributed by atoms with Crippen LogP contribution >= 0.6 is 23.2 Å². The van der Waals surface area contributed by atoms with Crippen molar-refractivity contribution in [3.63, 3.8) is 0 Å². The molecule has 4 rings (SSSR count). The van der Waals surface area contributed by atoms with Crippen LogP contribution in [0.1, 0.15) is 24.2 Å². The molecule has 1 heterocycles. The molecule has 3 aromatic carbocycles. The van der Waals surface area contributed by atoms with Gasteiger partial charge in [0.25, 0.3) is 5.91 Å². The van der Waals surface area contributed by atoms with Gasteiger partial charge in [-0.2, -0.15) is 4.98 Å². The van der Waals surface area contributed by atoms with Crippen LogP contribution in [-0.4, -0.2) is 33.9 Å². The molecule has 0 saturated carbocycles. The number of carbonyl (C=O) groups excluding carboxylic acids is 1. The first-order chi connectivity index (χ1) is 16.3. The smallest absolute Gasteiger partial charge is 0.336 e. The third-order valence-electron chi connectivity index (χ3n) is 4.79. The van der Waals surface area contributed by atoms with E-state index >= 15 is 0 Å². The molecule has 9 heteroatoms. The van der Waals surface area contributed by atoms with Crippen LogP contribution < -0.4 is 14.8 Å². The molecule has 1 aromatic heterocycles. The molecule has 7 nitrogen and oxygen atoms in total. The molecule has 0 unspecified atom stereocenters. The highest BCUT2D eigenvalue weighted by Crippen LogP contribution is 2.30. The second kappa shape index (κ2) is 10.2. The monoisotopic (exact) mass is 496 g/mol. The largest absolute Gasteiger partial charge is 0.497 e. The van der Waals surface area contributed by atoms with Gasteiger partial charge in [-0.05, 0) is 68.4 Å². The first-order valence-corrected chi connectivity index (χ1v) is 11.2. The van der Waals surface area contributed by atoms with Gasteiger partial charge in [-0.25, -0.2) is 4.68 Å². The second-order valence-corrected chi connectivity index (χ2v) is 8.48. The molecule has 4 aromatic rings. The third kappa shape index (κ3) is 5.32. The number of methoxy groups -OCH3 is 1. The molecule has 0 spiro atoms. The summed E-state index contributed by atoms with van der Waals surface area (Å²) >= 11 is 12.3. The number of nitrogens with one attached hydrogen (secondary N) is 1. The van der Waals surface area contributed by atoms with Gasteiger partial charge >= 0.3 is 6.01 Å². The summed E-state index contributed by atoms with van der Waals surface area (Å²) in [6.45, 7) is 3.79. The molecule has 1 amide bonds. The number of halogens is 2. The fraction of sp³-hybridized carbons (Fsp3) is 0.160. The number of ether oxygens (including phenoxy) is 2. The average Bonchev–Trinajstić information content (AvgIpc) is 3.24. The molecule has 0 aliphatic rings. The first kappa shape index (κ1) is 23.6. The zero-order valence-corrected chi connectivity index (χ0v) is 20.3. The molecule has 0 aliphatic carbocycles. The minimum Gasteiger partial charge on any atom is -0.497 e. The molecule has 0 bridgehead atoms. The zero-order valence-electron chi connectivity index (χ0n) is 18.8. The van der Waals surface area contributed by atoms with E-state index in [9.17, 15) is 4.79 Å². The lowest BCUT2D eigenvalue weighted by Crippen LogP contribution is -2.12. The van der Waals surface area contributed by atoms with E-state index in [0.29, 0.717) is 44.1 Å². The molecule has 0 atom stereocenters. The predicted octanol–water partition coefficient (Wildman–Crippen LogP) is 6.29. The van der Waals surface area contributed by atoms with Crippen molar-refractivity contribution < 1.29 is 14.3 Å². The van der Waals surface area contributed by atoms with Gasteiger partial charge in [0, 0.05) is 16.8 Å². The Morgan fingerprint density at radius 2 is 1.79 bits per heavy atom. The number of benzene rings is 3. The van der Waals surface area contributed by atoms with E-state index < -0.39 is 0 Å². The third-order valence-corrected chi connectivity index (χ3v) is 5.53. The van der Waals surface area contributed by atoms with Crippen LogP contribution in [0.4, 0.5) is 5.69 Å². The van der Waals surface area contributed by atoms with E-state index in [1.807, 2.05) is 32.0 Å². The highest BCUT2D eigenvalue weighted by atomic mass is 35.5. The zero-order chi connectivity index (χ0) is 24.2. The number of hydrogen-bond acceptors (Lipinski definition) is 5. The number of rotatable bonds is 7. The molecule has 34 heavy (non-hydrogen) atoms. The maximum Gasteiger partial charge on any atom is 0.336 e. The minimum atomic E-state index is -0.261. The Bertz CT molecular complexity index is 1340. The van der Waals surface area contributed by atoms with Crippen molar-refractivity contribution in [2.75, 3.05) is 12.4 Å². The summed E-state index contributed by atoms with van der Waals surface area (Å²) in [5.74, 6) is 0.863. The average molecular weight is 497 g/mol. The van der Waals surface area contributed by atoms with Crippen molar-refractivity contribution in [3.05, 3.63) is 82.3 Å². The standard InChI is InChI=1S/C25H22Cl2N4O3/c1-15(2)34-25-29-23(16-10-11-21(26)22(27)13-16)31(30-25)19-8-5-7-18(14-19)28-24(32)17-6-4-9-20(12-17)33-3/h4-15H,1-3H3,(H,28,32). The van der Waals surface area contributed by atoms with Crippen molar-refractivity contribution in [1.82, 2.24) is 14.8 Å². The predicted molar refractivity (Wildman–Crippen MR) is 134 cm³/mol. The summed E-state index contributed by atoms with van der Waals surface area (Å²) < 4.78 is 12.6. The normalized spacial score (nSPS) is 10.9. The van der Waals surface area contributed by atoms with Gasteiger partial charge < -0.3 is 14.8 Å². The molecule has 0 fully saturated rings. The van der Waals surface area contributed by atoms with Crippen LogP contribution in [0.2, 0.25) is 10.0 Å². The van der Waals surface area contributed by atoms with Crippen LogP contribution in [0.25, 0.3) is 17.1 Å². The van der Waals surface area contributed by atoms with Crippen LogP contribution in [0.5, 0.6) is 11.8 Å². The van der Waals surface area contributed by atoms with Crippen molar-refractivity contribution in [3.8, 4) is 28.8 Å². The number of anilines is 1. The minimum absolute atomic E-state index is 0.106. The lowest BCUT2D eigenvalue weighted by Gasteiger charge is -2.10. The molecule has 0 saturated heterocycles. The number of nitrogens with zero attached hydrogens (tertiary/aromatic N) is 3. The summed E-state index contributed by atoms with van der Waals surface area (Å²) in [7, 11) is 1.56. The topological polar surface area (TPSA) is 78.3 Å². The van der Waals surface area contributed by atoms with Gasteiger partial charge in [0.2, 0.25) is 0 Å². The van der Waals surface area contributed by atoms with Gasteiger partial charge in [-0.1, -0.05) is 35.3 Å². The summed E-state index contributed by atoms with van der Waals surface area (Å²) in [5.41, 5.74) is 2.46.